The van der Waals surface area contributed by atoms with Crippen molar-refractivity contribution in [2.24, 2.45) is 10.2 Å². The minimum Gasteiger partial charge on any atom is -0.473 e. The lowest BCUT2D eigenvalue weighted by atomic mass is 10.1. The summed E-state index contributed by atoms with van der Waals surface area (Å²) in [7, 11) is -4.44. The largest absolute Gasteiger partial charge is 0.473 e. The number of anilines is 1. The predicted molar refractivity (Wildman–Crippen MR) is 115 cm³/mol. The summed E-state index contributed by atoms with van der Waals surface area (Å²) < 4.78 is 38.9. The Balaban J connectivity index is 1.57. The van der Waals surface area contributed by atoms with E-state index in [9.17, 15) is 13.0 Å². The second kappa shape index (κ2) is 8.62. The van der Waals surface area contributed by atoms with Gasteiger partial charge in [-0.05, 0) is 31.0 Å². The van der Waals surface area contributed by atoms with Crippen LogP contribution in [-0.4, -0.2) is 22.9 Å². The smallest absolute Gasteiger partial charge is 0.295 e. The number of hydrogen-bond donors (Lipinski definition) is 2. The molecule has 3 N–H and O–H groups in total. The molecule has 158 valence electrons. The fraction of sp³-hybridized carbons (Fsp3) is 0.143. The monoisotopic (exact) mass is 437 g/mol. The van der Waals surface area contributed by atoms with Crippen molar-refractivity contribution < 1.29 is 17.7 Å². The van der Waals surface area contributed by atoms with Crippen molar-refractivity contribution in [3.63, 3.8) is 0 Å². The van der Waals surface area contributed by atoms with E-state index >= 15 is 0 Å². The van der Waals surface area contributed by atoms with E-state index in [-0.39, 0.29) is 10.6 Å². The number of nitrogens with zero attached hydrogens (tertiary/aromatic N) is 4. The molecule has 0 fully saturated rings. The molecular weight excluding hydrogens is 418 g/mol. The zero-order chi connectivity index (χ0) is 21.8. The summed E-state index contributed by atoms with van der Waals surface area (Å²) in [6, 6.07) is 8.25. The molecule has 0 unspecified atom stereocenters. The lowest BCUT2D eigenvalue weighted by Crippen LogP contribution is -2.34. The molecule has 0 saturated heterocycles. The Bertz CT molecular complexity index is 1360. The van der Waals surface area contributed by atoms with Gasteiger partial charge in [0.2, 0.25) is 5.88 Å². The normalized spacial score (nSPS) is 13.3. The van der Waals surface area contributed by atoms with Crippen LogP contribution >= 0.6 is 0 Å². The summed E-state index contributed by atoms with van der Waals surface area (Å²) >= 11 is 0. The molecule has 0 bridgehead atoms. The van der Waals surface area contributed by atoms with Gasteiger partial charge in [0.1, 0.15) is 22.9 Å². The van der Waals surface area contributed by atoms with Gasteiger partial charge in [-0.3, -0.25) is 9.54 Å². The van der Waals surface area contributed by atoms with Gasteiger partial charge in [-0.25, -0.2) is 4.98 Å². The lowest BCUT2D eigenvalue weighted by molar-refractivity contribution is 0.293. The Morgan fingerprint density at radius 1 is 1.10 bits per heavy atom. The molecule has 1 aliphatic rings. The summed E-state index contributed by atoms with van der Waals surface area (Å²) in [5.74, 6) is 0.412. The van der Waals surface area contributed by atoms with Crippen LogP contribution in [0.25, 0.3) is 12.2 Å². The SMILES string of the molecule is Nc1c(/N=N/c2ccc(OCc3cccnc3)nc2)cc(S(=O)(=O)O)c2c1=CCCC=2. The third kappa shape index (κ3) is 4.76. The maximum absolute atomic E-state index is 11.8. The molecular formula is C21H19N5O4S. The van der Waals surface area contributed by atoms with Crippen LogP contribution in [-0.2, 0) is 16.7 Å². The van der Waals surface area contributed by atoms with Gasteiger partial charge < -0.3 is 10.5 Å². The first kappa shape index (κ1) is 20.6. The lowest BCUT2D eigenvalue weighted by Gasteiger charge is -2.09. The predicted octanol–water partition coefficient (Wildman–Crippen LogP) is 2.65. The van der Waals surface area contributed by atoms with Crippen LogP contribution in [0.15, 0.2) is 64.0 Å². The number of ether oxygens (including phenoxy) is 1. The highest BCUT2D eigenvalue weighted by Gasteiger charge is 2.17. The first-order valence-electron chi connectivity index (χ1n) is 9.42. The third-order valence-corrected chi connectivity index (χ3v) is 5.53. The first-order chi connectivity index (χ1) is 14.9. The summed E-state index contributed by atoms with van der Waals surface area (Å²) in [5.41, 5.74) is 7.96. The fourth-order valence-corrected chi connectivity index (χ4v) is 3.88. The number of fused-ring (bicyclic) bond motifs is 1. The highest BCUT2D eigenvalue weighted by atomic mass is 32.2. The molecule has 31 heavy (non-hydrogen) atoms. The average Bonchev–Trinajstić information content (AvgIpc) is 2.78. The van der Waals surface area contributed by atoms with Gasteiger partial charge in [-0.15, -0.1) is 10.2 Å². The van der Waals surface area contributed by atoms with Crippen molar-refractivity contribution in [2.75, 3.05) is 5.73 Å². The van der Waals surface area contributed by atoms with E-state index in [1.165, 1.54) is 12.3 Å². The Hall–Kier alpha value is -3.63. The number of benzene rings is 1. The van der Waals surface area contributed by atoms with Gasteiger partial charge in [-0.1, -0.05) is 18.2 Å². The van der Waals surface area contributed by atoms with Gasteiger partial charge in [0.15, 0.2) is 0 Å². The minimum absolute atomic E-state index is 0.148. The van der Waals surface area contributed by atoms with E-state index in [4.69, 9.17) is 10.5 Å². The summed E-state index contributed by atoms with van der Waals surface area (Å²) in [6.07, 6.45) is 9.82. The molecule has 3 aromatic rings. The second-order valence-corrected chi connectivity index (χ2v) is 8.19. The zero-order valence-corrected chi connectivity index (χ0v) is 17.2. The minimum atomic E-state index is -4.44. The molecule has 1 aromatic carbocycles. The van der Waals surface area contributed by atoms with Crippen LogP contribution in [0.1, 0.15) is 18.4 Å². The van der Waals surface area contributed by atoms with Gasteiger partial charge >= 0.3 is 0 Å². The van der Waals surface area contributed by atoms with Gasteiger partial charge in [-0.2, -0.15) is 8.42 Å². The number of rotatable bonds is 6. The maximum atomic E-state index is 11.8. The zero-order valence-electron chi connectivity index (χ0n) is 16.3. The van der Waals surface area contributed by atoms with Crippen molar-refractivity contribution in [1.29, 1.82) is 0 Å². The van der Waals surface area contributed by atoms with Gasteiger partial charge in [0.05, 0.1) is 11.9 Å². The van der Waals surface area contributed by atoms with E-state index in [0.717, 1.165) is 5.56 Å². The van der Waals surface area contributed by atoms with Crippen molar-refractivity contribution >= 4 is 39.3 Å². The third-order valence-electron chi connectivity index (χ3n) is 4.63. The van der Waals surface area contributed by atoms with E-state index in [1.54, 1.807) is 30.6 Å². The topological polar surface area (TPSA) is 140 Å². The van der Waals surface area contributed by atoms with Crippen molar-refractivity contribution in [2.45, 2.75) is 24.3 Å². The summed E-state index contributed by atoms with van der Waals surface area (Å²) in [5, 5.41) is 9.09. The van der Waals surface area contributed by atoms with Crippen LogP contribution in [0.4, 0.5) is 17.1 Å². The highest BCUT2D eigenvalue weighted by molar-refractivity contribution is 7.85. The van der Waals surface area contributed by atoms with E-state index in [1.807, 2.05) is 18.2 Å². The summed E-state index contributed by atoms with van der Waals surface area (Å²) in [6.45, 7) is 0.333. The molecule has 0 aliphatic heterocycles. The Morgan fingerprint density at radius 3 is 2.58 bits per heavy atom. The van der Waals surface area contributed by atoms with E-state index < -0.39 is 10.1 Å². The van der Waals surface area contributed by atoms with Gasteiger partial charge in [0, 0.05) is 34.5 Å². The molecule has 1 aliphatic carbocycles. The number of hydrogen-bond acceptors (Lipinski definition) is 8. The number of nitrogens with two attached hydrogens (primary N) is 1. The number of pyridine rings is 2. The van der Waals surface area contributed by atoms with Crippen molar-refractivity contribution in [3.8, 4) is 5.88 Å². The Labute approximate surface area is 178 Å². The van der Waals surface area contributed by atoms with Crippen molar-refractivity contribution in [1.82, 2.24) is 9.97 Å². The standard InChI is InChI=1S/C21H19N5O4S/c22-21-17-6-2-1-5-16(17)19(31(27,28)29)10-18(21)26-25-15-7-8-20(24-12-15)30-13-14-4-3-9-23-11-14/h3-12H,1-2,13,22H2,(H,27,28,29)/b26-25+. The maximum Gasteiger partial charge on any atom is 0.295 e. The van der Waals surface area contributed by atoms with Crippen LogP contribution in [0.3, 0.4) is 0 Å². The number of aromatic nitrogens is 2. The van der Waals surface area contributed by atoms with E-state index in [2.05, 4.69) is 20.2 Å². The molecule has 4 rings (SSSR count). The van der Waals surface area contributed by atoms with E-state index in [0.29, 0.717) is 47.1 Å². The highest BCUT2D eigenvalue weighted by Crippen LogP contribution is 2.24. The van der Waals surface area contributed by atoms with Crippen LogP contribution in [0, 0.1) is 0 Å². The average molecular weight is 437 g/mol. The first-order valence-corrected chi connectivity index (χ1v) is 10.9. The molecule has 0 radical (unpaired) electrons. The molecule has 0 amide bonds. The molecule has 9 nitrogen and oxygen atoms in total. The fourth-order valence-electron chi connectivity index (χ4n) is 3.15. The Morgan fingerprint density at radius 2 is 1.90 bits per heavy atom. The quantitative estimate of drug-likeness (QED) is 0.343. The summed E-state index contributed by atoms with van der Waals surface area (Å²) in [4.78, 5) is 7.97. The number of azo groups is 1. The van der Waals surface area contributed by atoms with Crippen LogP contribution in [0.2, 0.25) is 0 Å². The Kier molecular flexibility index (Phi) is 5.74. The van der Waals surface area contributed by atoms with Crippen molar-refractivity contribution in [3.05, 3.63) is 64.9 Å². The number of nitrogen functional groups attached to an aromatic ring is 1. The molecule has 2 aromatic heterocycles. The second-order valence-electron chi connectivity index (χ2n) is 6.80. The van der Waals surface area contributed by atoms with Crippen LogP contribution < -0.4 is 20.9 Å². The molecule has 10 heteroatoms. The molecule has 2 heterocycles. The molecule has 0 atom stereocenters. The van der Waals surface area contributed by atoms with Gasteiger partial charge in [0.25, 0.3) is 10.1 Å². The van der Waals surface area contributed by atoms with Crippen LogP contribution in [0.5, 0.6) is 5.88 Å². The molecule has 0 spiro atoms. The molecule has 0 saturated carbocycles.